The number of ether oxygens (including phenoxy) is 3. The monoisotopic (exact) mass is 253 g/mol. The van der Waals surface area contributed by atoms with E-state index in [0.717, 1.165) is 30.1 Å². The number of hydrogen-bond donors (Lipinski definition) is 1. The number of rotatable bonds is 8. The highest BCUT2D eigenvalue weighted by atomic mass is 16.5. The van der Waals surface area contributed by atoms with E-state index < -0.39 is 0 Å². The highest BCUT2D eigenvalue weighted by Gasteiger charge is 2.13. The van der Waals surface area contributed by atoms with Crippen LogP contribution in [-0.4, -0.2) is 26.9 Å². The molecule has 1 rings (SSSR count). The molecule has 0 amide bonds. The molecule has 1 atom stereocenters. The second kappa shape index (κ2) is 7.95. The van der Waals surface area contributed by atoms with Crippen molar-refractivity contribution in [3.63, 3.8) is 0 Å². The summed E-state index contributed by atoms with van der Waals surface area (Å²) < 4.78 is 16.4. The minimum Gasteiger partial charge on any atom is -0.496 e. The lowest BCUT2D eigenvalue weighted by molar-refractivity contribution is 0.100. The van der Waals surface area contributed by atoms with Crippen LogP contribution in [0.15, 0.2) is 18.2 Å². The predicted octanol–water partition coefficient (Wildman–Crippen LogP) is 2.52. The van der Waals surface area contributed by atoms with Crippen molar-refractivity contribution in [1.29, 1.82) is 0 Å². The van der Waals surface area contributed by atoms with Gasteiger partial charge in [0.25, 0.3) is 0 Å². The molecule has 18 heavy (non-hydrogen) atoms. The molecule has 1 aromatic carbocycles. The second-order valence-corrected chi connectivity index (χ2v) is 4.12. The zero-order chi connectivity index (χ0) is 13.4. The zero-order valence-electron chi connectivity index (χ0n) is 11.4. The Bertz CT molecular complexity index is 353. The van der Waals surface area contributed by atoms with Gasteiger partial charge in [-0.15, -0.1) is 0 Å². The SMILES string of the molecule is CCCOCCOc1cccc(OC)c1C(C)N. The van der Waals surface area contributed by atoms with Crippen LogP contribution in [-0.2, 0) is 4.74 Å². The first-order chi connectivity index (χ1) is 8.70. The van der Waals surface area contributed by atoms with Crippen molar-refractivity contribution in [3.05, 3.63) is 23.8 Å². The standard InChI is InChI=1S/C14H23NO3/c1-4-8-17-9-10-18-13-7-5-6-12(16-3)14(13)11(2)15/h5-7,11H,4,8-10,15H2,1-3H3. The van der Waals surface area contributed by atoms with Gasteiger partial charge in [-0.3, -0.25) is 0 Å². The number of hydrogen-bond acceptors (Lipinski definition) is 4. The molecule has 4 heteroatoms. The van der Waals surface area contributed by atoms with E-state index in [2.05, 4.69) is 6.92 Å². The summed E-state index contributed by atoms with van der Waals surface area (Å²) in [6, 6.07) is 5.56. The smallest absolute Gasteiger partial charge is 0.127 e. The van der Waals surface area contributed by atoms with Crippen LogP contribution in [0.1, 0.15) is 31.9 Å². The van der Waals surface area contributed by atoms with Gasteiger partial charge in [-0.1, -0.05) is 13.0 Å². The van der Waals surface area contributed by atoms with E-state index in [9.17, 15) is 0 Å². The maximum absolute atomic E-state index is 5.95. The third-order valence-electron chi connectivity index (χ3n) is 2.54. The summed E-state index contributed by atoms with van der Waals surface area (Å²) in [5.74, 6) is 1.53. The number of methoxy groups -OCH3 is 1. The minimum absolute atomic E-state index is 0.132. The normalized spacial score (nSPS) is 12.2. The maximum atomic E-state index is 5.95. The topological polar surface area (TPSA) is 53.7 Å². The molecular weight excluding hydrogens is 230 g/mol. The molecule has 0 saturated heterocycles. The Morgan fingerprint density at radius 1 is 1.17 bits per heavy atom. The van der Waals surface area contributed by atoms with E-state index in [1.54, 1.807) is 7.11 Å². The molecule has 0 fully saturated rings. The predicted molar refractivity (Wildman–Crippen MR) is 72.2 cm³/mol. The first kappa shape index (κ1) is 14.8. The van der Waals surface area contributed by atoms with Gasteiger partial charge in [-0.25, -0.2) is 0 Å². The van der Waals surface area contributed by atoms with Gasteiger partial charge in [0.2, 0.25) is 0 Å². The molecule has 102 valence electrons. The van der Waals surface area contributed by atoms with Gasteiger partial charge in [0.05, 0.1) is 19.3 Å². The van der Waals surface area contributed by atoms with Crippen LogP contribution in [0, 0.1) is 0 Å². The van der Waals surface area contributed by atoms with E-state index in [1.165, 1.54) is 0 Å². The summed E-state index contributed by atoms with van der Waals surface area (Å²) in [4.78, 5) is 0. The van der Waals surface area contributed by atoms with Crippen LogP contribution in [0.3, 0.4) is 0 Å². The molecule has 1 unspecified atom stereocenters. The Labute approximate surface area is 109 Å². The molecular formula is C14H23NO3. The summed E-state index contributed by atoms with van der Waals surface area (Å²) in [6.45, 7) is 5.87. The van der Waals surface area contributed by atoms with Crippen LogP contribution in [0.5, 0.6) is 11.5 Å². The first-order valence-electron chi connectivity index (χ1n) is 6.33. The average molecular weight is 253 g/mol. The van der Waals surface area contributed by atoms with Crippen molar-refractivity contribution < 1.29 is 14.2 Å². The van der Waals surface area contributed by atoms with Crippen molar-refractivity contribution in [3.8, 4) is 11.5 Å². The second-order valence-electron chi connectivity index (χ2n) is 4.12. The summed E-state index contributed by atoms with van der Waals surface area (Å²) in [5, 5.41) is 0. The fourth-order valence-corrected chi connectivity index (χ4v) is 1.73. The Balaban J connectivity index is 2.64. The third-order valence-corrected chi connectivity index (χ3v) is 2.54. The van der Waals surface area contributed by atoms with Gasteiger partial charge in [-0.05, 0) is 25.5 Å². The van der Waals surface area contributed by atoms with Crippen LogP contribution >= 0.6 is 0 Å². The van der Waals surface area contributed by atoms with Gasteiger partial charge >= 0.3 is 0 Å². The van der Waals surface area contributed by atoms with Crippen molar-refractivity contribution in [1.82, 2.24) is 0 Å². The Morgan fingerprint density at radius 3 is 2.50 bits per heavy atom. The van der Waals surface area contributed by atoms with E-state index in [4.69, 9.17) is 19.9 Å². The molecule has 4 nitrogen and oxygen atoms in total. The van der Waals surface area contributed by atoms with Crippen molar-refractivity contribution in [2.45, 2.75) is 26.3 Å². The van der Waals surface area contributed by atoms with Crippen LogP contribution in [0.25, 0.3) is 0 Å². The molecule has 0 radical (unpaired) electrons. The van der Waals surface area contributed by atoms with Gasteiger partial charge in [0.15, 0.2) is 0 Å². The highest BCUT2D eigenvalue weighted by Crippen LogP contribution is 2.32. The Hall–Kier alpha value is -1.26. The quantitative estimate of drug-likeness (QED) is 0.723. The first-order valence-corrected chi connectivity index (χ1v) is 6.33. The lowest BCUT2D eigenvalue weighted by Crippen LogP contribution is -2.12. The zero-order valence-corrected chi connectivity index (χ0v) is 11.4. The Kier molecular flexibility index (Phi) is 6.54. The van der Waals surface area contributed by atoms with Crippen molar-refractivity contribution in [2.75, 3.05) is 26.9 Å². The van der Waals surface area contributed by atoms with Gasteiger partial charge in [-0.2, -0.15) is 0 Å². The molecule has 0 aromatic heterocycles. The molecule has 1 aromatic rings. The summed E-state index contributed by atoms with van der Waals surface area (Å²) in [6.07, 6.45) is 1.02. The maximum Gasteiger partial charge on any atom is 0.127 e. The summed E-state index contributed by atoms with van der Waals surface area (Å²) in [5.41, 5.74) is 6.85. The molecule has 0 aliphatic rings. The summed E-state index contributed by atoms with van der Waals surface area (Å²) in [7, 11) is 1.63. The lowest BCUT2D eigenvalue weighted by atomic mass is 10.1. The van der Waals surface area contributed by atoms with Gasteiger partial charge in [0, 0.05) is 12.6 Å². The van der Waals surface area contributed by atoms with Gasteiger partial charge < -0.3 is 19.9 Å². The van der Waals surface area contributed by atoms with Crippen molar-refractivity contribution in [2.24, 2.45) is 5.73 Å². The van der Waals surface area contributed by atoms with Crippen LogP contribution < -0.4 is 15.2 Å². The van der Waals surface area contributed by atoms with Crippen molar-refractivity contribution >= 4 is 0 Å². The van der Waals surface area contributed by atoms with Gasteiger partial charge in [0.1, 0.15) is 18.1 Å². The molecule has 0 heterocycles. The summed E-state index contributed by atoms with van der Waals surface area (Å²) >= 11 is 0. The van der Waals surface area contributed by atoms with Crippen LogP contribution in [0.2, 0.25) is 0 Å². The average Bonchev–Trinajstić information content (AvgIpc) is 2.37. The minimum atomic E-state index is -0.132. The molecule has 2 N–H and O–H groups in total. The molecule has 0 spiro atoms. The Morgan fingerprint density at radius 2 is 1.89 bits per heavy atom. The largest absolute Gasteiger partial charge is 0.496 e. The third kappa shape index (κ3) is 4.20. The highest BCUT2D eigenvalue weighted by molar-refractivity contribution is 5.46. The fraction of sp³-hybridized carbons (Fsp3) is 0.571. The molecule has 0 saturated carbocycles. The lowest BCUT2D eigenvalue weighted by Gasteiger charge is -2.17. The number of benzene rings is 1. The fourth-order valence-electron chi connectivity index (χ4n) is 1.73. The molecule has 0 aliphatic carbocycles. The van der Waals surface area contributed by atoms with Crippen LogP contribution in [0.4, 0.5) is 0 Å². The van der Waals surface area contributed by atoms with E-state index in [0.29, 0.717) is 13.2 Å². The number of nitrogens with two attached hydrogens (primary N) is 1. The van der Waals surface area contributed by atoms with E-state index in [-0.39, 0.29) is 6.04 Å². The van der Waals surface area contributed by atoms with E-state index in [1.807, 2.05) is 25.1 Å². The van der Waals surface area contributed by atoms with E-state index >= 15 is 0 Å². The molecule has 0 aliphatic heterocycles. The molecule has 0 bridgehead atoms.